The zero-order valence-corrected chi connectivity index (χ0v) is 27.8. The summed E-state index contributed by atoms with van der Waals surface area (Å²) in [4.78, 5) is 72.5. The molecule has 256 valence electrons. The summed E-state index contributed by atoms with van der Waals surface area (Å²) < 4.78 is 0. The van der Waals surface area contributed by atoms with Gasteiger partial charge in [0.25, 0.3) is 0 Å². The number of benzene rings is 1. The van der Waals surface area contributed by atoms with Gasteiger partial charge in [-0.2, -0.15) is 0 Å². The molecule has 46 heavy (non-hydrogen) atoms. The van der Waals surface area contributed by atoms with Gasteiger partial charge in [0.2, 0.25) is 29.5 Å². The molecule has 1 aromatic carbocycles. The number of carbonyl (C=O) groups is 5. The predicted octanol–water partition coefficient (Wildman–Crippen LogP) is 0.174. The molecule has 10 N–H and O–H groups in total. The number of amides is 5. The maximum absolute atomic E-state index is 13.8. The fraction of sp³-hybridized carbons (Fsp3) is 0.625. The number of phenols is 1. The van der Waals surface area contributed by atoms with Crippen molar-refractivity contribution in [2.45, 2.75) is 104 Å². The smallest absolute Gasteiger partial charge is 0.243 e. The van der Waals surface area contributed by atoms with Crippen molar-refractivity contribution < 1.29 is 29.1 Å². The highest BCUT2D eigenvalue weighted by Crippen LogP contribution is 2.15. The molecule has 1 heterocycles. The Labute approximate surface area is 271 Å². The molecule has 1 aliphatic rings. The van der Waals surface area contributed by atoms with E-state index in [2.05, 4.69) is 31.6 Å². The van der Waals surface area contributed by atoms with Crippen molar-refractivity contribution in [1.29, 1.82) is 0 Å². The van der Waals surface area contributed by atoms with E-state index >= 15 is 0 Å². The van der Waals surface area contributed by atoms with E-state index in [1.165, 1.54) is 12.1 Å². The zero-order valence-electron chi connectivity index (χ0n) is 27.8. The Bertz CT molecular complexity index is 1230. The zero-order chi connectivity index (χ0) is 34.6. The minimum atomic E-state index is -1.15. The lowest BCUT2D eigenvalue weighted by Gasteiger charge is -2.29. The summed E-state index contributed by atoms with van der Waals surface area (Å²) in [6.45, 7) is 11.2. The fourth-order valence-corrected chi connectivity index (χ4v) is 5.09. The van der Waals surface area contributed by atoms with Crippen LogP contribution in [0.1, 0.15) is 72.8 Å². The molecular weight excluding hydrogens is 592 g/mol. The number of aromatic hydroxyl groups is 1. The number of nitrogens with zero attached hydrogens (tertiary/aromatic N) is 1. The molecule has 1 saturated heterocycles. The molecule has 0 saturated carbocycles. The summed E-state index contributed by atoms with van der Waals surface area (Å²) in [6, 6.07) is 0.927. The van der Waals surface area contributed by atoms with Crippen LogP contribution >= 0.6 is 0 Å². The Morgan fingerprint density at radius 1 is 0.761 bits per heavy atom. The summed E-state index contributed by atoms with van der Waals surface area (Å²) in [6.07, 6.45) is 1.33. The van der Waals surface area contributed by atoms with Gasteiger partial charge in [-0.15, -0.1) is 0 Å². The van der Waals surface area contributed by atoms with Gasteiger partial charge in [-0.1, -0.05) is 60.1 Å². The number of hydrogen-bond acceptors (Lipinski definition) is 7. The van der Waals surface area contributed by atoms with Gasteiger partial charge in [-0.25, -0.2) is 0 Å². The van der Waals surface area contributed by atoms with Crippen molar-refractivity contribution in [2.24, 2.45) is 34.2 Å². The second-order valence-corrected chi connectivity index (χ2v) is 12.7. The molecule has 1 fully saturated rings. The largest absolute Gasteiger partial charge is 0.508 e. The van der Waals surface area contributed by atoms with Crippen LogP contribution in [0.3, 0.4) is 0 Å². The molecule has 0 aliphatic carbocycles. The highest BCUT2D eigenvalue weighted by Gasteiger charge is 2.36. The summed E-state index contributed by atoms with van der Waals surface area (Å²) in [5.74, 6) is -3.67. The first kappa shape index (κ1) is 37.8. The number of carbonyl (C=O) groups excluding carboxylic acids is 5. The minimum absolute atomic E-state index is 0.0206. The molecule has 6 unspecified atom stereocenters. The molecule has 0 bridgehead atoms. The van der Waals surface area contributed by atoms with Gasteiger partial charge in [-0.05, 0) is 54.7 Å². The molecule has 0 radical (unpaired) electrons. The van der Waals surface area contributed by atoms with Crippen LogP contribution in [0.15, 0.2) is 29.3 Å². The minimum Gasteiger partial charge on any atom is -0.508 e. The number of aliphatic imine (C=N–C) groups is 1. The Balaban J connectivity index is 2.61. The van der Waals surface area contributed by atoms with Crippen molar-refractivity contribution in [1.82, 2.24) is 26.6 Å². The van der Waals surface area contributed by atoms with Crippen LogP contribution in [0, 0.1) is 17.8 Å². The van der Waals surface area contributed by atoms with Crippen LogP contribution in [-0.2, 0) is 30.4 Å². The predicted molar refractivity (Wildman–Crippen MR) is 175 cm³/mol. The molecule has 2 rings (SSSR count). The third-order valence-corrected chi connectivity index (χ3v) is 7.97. The van der Waals surface area contributed by atoms with Crippen LogP contribution in [0.25, 0.3) is 0 Å². The van der Waals surface area contributed by atoms with E-state index in [0.717, 1.165) is 0 Å². The highest BCUT2D eigenvalue weighted by molar-refractivity contribution is 5.98. The SMILES string of the molecule is CCC(C)C1NC(=O)C(CC(C)C)NC(=O)C(C(C)C)NC(=O)C(CCCN=C(N)N)NC(=O)C(Cc2ccc(O)cc2)NC1=O. The van der Waals surface area contributed by atoms with Gasteiger partial charge in [-0.3, -0.25) is 29.0 Å². The average molecular weight is 645 g/mol. The quantitative estimate of drug-likeness (QED) is 0.0938. The Hall–Kier alpha value is -4.36. The number of guanidine groups is 1. The van der Waals surface area contributed by atoms with E-state index in [4.69, 9.17) is 11.5 Å². The van der Waals surface area contributed by atoms with E-state index in [-0.39, 0.29) is 48.8 Å². The maximum atomic E-state index is 13.8. The highest BCUT2D eigenvalue weighted by atomic mass is 16.3. The first-order valence-corrected chi connectivity index (χ1v) is 16.0. The van der Waals surface area contributed by atoms with Gasteiger partial charge in [0.15, 0.2) is 5.96 Å². The van der Waals surface area contributed by atoms with E-state index < -0.39 is 59.7 Å². The summed E-state index contributed by atoms with van der Waals surface area (Å²) >= 11 is 0. The van der Waals surface area contributed by atoms with Crippen molar-refractivity contribution in [3.63, 3.8) is 0 Å². The molecular formula is C32H52N8O6. The van der Waals surface area contributed by atoms with Crippen LogP contribution in [0.4, 0.5) is 0 Å². The Kier molecular flexibility index (Phi) is 14.8. The normalized spacial score (nSPS) is 24.1. The van der Waals surface area contributed by atoms with Crippen LogP contribution in [-0.4, -0.2) is 77.4 Å². The monoisotopic (exact) mass is 644 g/mol. The van der Waals surface area contributed by atoms with Crippen LogP contribution < -0.4 is 38.1 Å². The van der Waals surface area contributed by atoms with Crippen molar-refractivity contribution in [3.05, 3.63) is 29.8 Å². The fourth-order valence-electron chi connectivity index (χ4n) is 5.09. The number of rotatable bonds is 11. The second-order valence-electron chi connectivity index (χ2n) is 12.7. The average Bonchev–Trinajstić information content (AvgIpc) is 2.98. The lowest BCUT2D eigenvalue weighted by Crippen LogP contribution is -2.59. The number of nitrogens with two attached hydrogens (primary N) is 2. The van der Waals surface area contributed by atoms with Crippen LogP contribution in [0.5, 0.6) is 5.75 Å². The third-order valence-electron chi connectivity index (χ3n) is 7.97. The lowest BCUT2D eigenvalue weighted by atomic mass is 9.95. The van der Waals surface area contributed by atoms with E-state index in [0.29, 0.717) is 24.8 Å². The Morgan fingerprint density at radius 3 is 1.85 bits per heavy atom. The molecule has 1 aromatic rings. The van der Waals surface area contributed by atoms with Gasteiger partial charge < -0.3 is 43.2 Å². The summed E-state index contributed by atoms with van der Waals surface area (Å²) in [5, 5.41) is 23.7. The summed E-state index contributed by atoms with van der Waals surface area (Å²) in [5.41, 5.74) is 11.5. The lowest BCUT2D eigenvalue weighted by molar-refractivity contribution is -0.135. The van der Waals surface area contributed by atoms with Gasteiger partial charge in [0, 0.05) is 13.0 Å². The van der Waals surface area contributed by atoms with E-state index in [1.54, 1.807) is 26.0 Å². The number of phenolic OH excluding ortho intramolecular Hbond substituents is 1. The topological polar surface area (TPSA) is 230 Å². The molecule has 0 spiro atoms. The van der Waals surface area contributed by atoms with Gasteiger partial charge in [0.1, 0.15) is 36.0 Å². The molecule has 1 aliphatic heterocycles. The summed E-state index contributed by atoms with van der Waals surface area (Å²) in [7, 11) is 0. The van der Waals surface area contributed by atoms with Gasteiger partial charge >= 0.3 is 0 Å². The van der Waals surface area contributed by atoms with E-state index in [1.807, 2.05) is 27.7 Å². The van der Waals surface area contributed by atoms with Crippen LogP contribution in [0.2, 0.25) is 0 Å². The number of hydrogen-bond donors (Lipinski definition) is 8. The molecule has 14 nitrogen and oxygen atoms in total. The number of nitrogens with one attached hydrogen (secondary N) is 5. The Morgan fingerprint density at radius 2 is 1.28 bits per heavy atom. The van der Waals surface area contributed by atoms with Crippen molar-refractivity contribution >= 4 is 35.5 Å². The van der Waals surface area contributed by atoms with Crippen molar-refractivity contribution in [3.8, 4) is 5.75 Å². The molecule has 5 amide bonds. The molecule has 6 atom stereocenters. The molecule has 0 aromatic heterocycles. The van der Waals surface area contributed by atoms with Gasteiger partial charge in [0.05, 0.1) is 0 Å². The standard InChI is InChI=1S/C32H52N8O6/c1-7-19(6)26-31(46)38-24(16-20-10-12-21(41)13-11-20)28(43)36-22(9-8-14-35-32(33)34)27(42)39-25(18(4)5)30(45)37-23(15-17(2)3)29(44)40-26/h10-13,17-19,22-26,41H,7-9,14-16H2,1-6H3,(H,36,43)(H,37,45)(H,38,46)(H,39,42)(H,40,44)(H4,33,34,35). The first-order chi connectivity index (χ1) is 21.6. The van der Waals surface area contributed by atoms with E-state index in [9.17, 15) is 29.1 Å². The maximum Gasteiger partial charge on any atom is 0.243 e. The van der Waals surface area contributed by atoms with Crippen molar-refractivity contribution in [2.75, 3.05) is 6.54 Å². The molecule has 14 heteroatoms. The first-order valence-electron chi connectivity index (χ1n) is 16.0. The second kappa shape index (κ2) is 18.0. The third kappa shape index (κ3) is 11.9.